The van der Waals surface area contributed by atoms with E-state index in [0.717, 1.165) is 31.5 Å². The molecule has 78 valence electrons. The predicted octanol–water partition coefficient (Wildman–Crippen LogP) is 2.51. The summed E-state index contributed by atoms with van der Waals surface area (Å²) in [6.07, 6.45) is 4.02. The summed E-state index contributed by atoms with van der Waals surface area (Å²) in [4.78, 5) is 4.06. The van der Waals surface area contributed by atoms with E-state index in [9.17, 15) is 5.11 Å². The highest BCUT2D eigenvalue weighted by molar-refractivity contribution is 7.14. The molecule has 2 N–H and O–H groups in total. The van der Waals surface area contributed by atoms with Gasteiger partial charge in [0.25, 0.3) is 0 Å². The Hall–Kier alpha value is -0.320. The van der Waals surface area contributed by atoms with E-state index in [1.54, 1.807) is 0 Å². The highest BCUT2D eigenvalue weighted by Crippen LogP contribution is 2.29. The standard InChI is InChI=1S/C9H13ClN2OS/c10-8-12-7(5-14-8)11-6-9(13)3-1-2-4-9/h5,11,13H,1-4,6H2. The summed E-state index contributed by atoms with van der Waals surface area (Å²) >= 11 is 7.09. The normalized spacial score (nSPS) is 19.9. The van der Waals surface area contributed by atoms with Crippen LogP contribution in [0.25, 0.3) is 0 Å². The molecule has 0 amide bonds. The topological polar surface area (TPSA) is 45.1 Å². The molecule has 1 saturated carbocycles. The highest BCUT2D eigenvalue weighted by atomic mass is 35.5. The molecule has 2 rings (SSSR count). The summed E-state index contributed by atoms with van der Waals surface area (Å²) in [7, 11) is 0. The fraction of sp³-hybridized carbons (Fsp3) is 0.667. The Labute approximate surface area is 92.1 Å². The SMILES string of the molecule is OC1(CNc2csc(Cl)n2)CCCC1. The summed E-state index contributed by atoms with van der Waals surface area (Å²) in [5.41, 5.74) is -0.532. The third-order valence-corrected chi connectivity index (χ3v) is 3.59. The zero-order valence-electron chi connectivity index (χ0n) is 7.79. The van der Waals surface area contributed by atoms with E-state index >= 15 is 0 Å². The van der Waals surface area contributed by atoms with E-state index in [1.165, 1.54) is 11.3 Å². The lowest BCUT2D eigenvalue weighted by Gasteiger charge is -2.22. The lowest BCUT2D eigenvalue weighted by molar-refractivity contribution is 0.0614. The van der Waals surface area contributed by atoms with Crippen LogP contribution in [0, 0.1) is 0 Å². The Balaban J connectivity index is 1.87. The van der Waals surface area contributed by atoms with Gasteiger partial charge in [0.1, 0.15) is 5.82 Å². The molecule has 0 aliphatic heterocycles. The molecular formula is C9H13ClN2OS. The van der Waals surface area contributed by atoms with E-state index in [2.05, 4.69) is 10.3 Å². The Morgan fingerprint density at radius 1 is 1.57 bits per heavy atom. The second-order valence-corrected chi connectivity index (χ2v) is 5.21. The number of anilines is 1. The maximum atomic E-state index is 10.0. The van der Waals surface area contributed by atoms with Crippen LogP contribution in [0.3, 0.4) is 0 Å². The van der Waals surface area contributed by atoms with Gasteiger partial charge in [-0.2, -0.15) is 0 Å². The van der Waals surface area contributed by atoms with Crippen LogP contribution in [0.5, 0.6) is 0 Å². The number of hydrogen-bond donors (Lipinski definition) is 2. The third-order valence-electron chi connectivity index (χ3n) is 2.61. The van der Waals surface area contributed by atoms with Crippen molar-refractivity contribution in [2.24, 2.45) is 0 Å². The fourth-order valence-electron chi connectivity index (χ4n) is 1.80. The number of nitrogens with zero attached hydrogens (tertiary/aromatic N) is 1. The molecular weight excluding hydrogens is 220 g/mol. The van der Waals surface area contributed by atoms with Crippen molar-refractivity contribution >= 4 is 28.8 Å². The van der Waals surface area contributed by atoms with Gasteiger partial charge in [0.15, 0.2) is 4.47 Å². The first-order valence-electron chi connectivity index (χ1n) is 4.75. The molecule has 0 bridgehead atoms. The molecule has 0 atom stereocenters. The van der Waals surface area contributed by atoms with E-state index < -0.39 is 5.60 Å². The van der Waals surface area contributed by atoms with E-state index in [4.69, 9.17) is 11.6 Å². The lowest BCUT2D eigenvalue weighted by atomic mass is 10.0. The van der Waals surface area contributed by atoms with Crippen LogP contribution in [-0.4, -0.2) is 22.2 Å². The molecule has 0 spiro atoms. The number of aromatic nitrogens is 1. The number of rotatable bonds is 3. The van der Waals surface area contributed by atoms with Crippen LogP contribution >= 0.6 is 22.9 Å². The van der Waals surface area contributed by atoms with Gasteiger partial charge in [-0.3, -0.25) is 0 Å². The lowest BCUT2D eigenvalue weighted by Crippen LogP contribution is -2.33. The molecule has 1 fully saturated rings. The number of thiazole rings is 1. The Bertz CT molecular complexity index is 310. The van der Waals surface area contributed by atoms with Crippen molar-refractivity contribution in [2.75, 3.05) is 11.9 Å². The number of aliphatic hydroxyl groups is 1. The van der Waals surface area contributed by atoms with Crippen molar-refractivity contribution in [1.82, 2.24) is 4.98 Å². The second kappa shape index (κ2) is 4.04. The van der Waals surface area contributed by atoms with Crippen molar-refractivity contribution in [3.63, 3.8) is 0 Å². The molecule has 1 aliphatic carbocycles. The average Bonchev–Trinajstić information content (AvgIpc) is 2.73. The van der Waals surface area contributed by atoms with Gasteiger partial charge in [0.2, 0.25) is 0 Å². The Morgan fingerprint density at radius 3 is 2.86 bits per heavy atom. The first kappa shape index (κ1) is 10.2. The molecule has 0 aromatic carbocycles. The van der Waals surface area contributed by atoms with Crippen molar-refractivity contribution in [3.05, 3.63) is 9.85 Å². The molecule has 1 aromatic heterocycles. The minimum Gasteiger partial charge on any atom is -0.388 e. The summed E-state index contributed by atoms with van der Waals surface area (Å²) in [5.74, 6) is 0.764. The minimum absolute atomic E-state index is 0.532. The van der Waals surface area contributed by atoms with Crippen molar-refractivity contribution in [2.45, 2.75) is 31.3 Å². The molecule has 5 heteroatoms. The molecule has 0 saturated heterocycles. The number of nitrogens with one attached hydrogen (secondary N) is 1. The molecule has 0 unspecified atom stereocenters. The molecule has 1 aromatic rings. The Kier molecular flexibility index (Phi) is 2.95. The second-order valence-electron chi connectivity index (χ2n) is 3.77. The van der Waals surface area contributed by atoms with Gasteiger partial charge in [-0.15, -0.1) is 11.3 Å². The zero-order chi connectivity index (χ0) is 10.0. The largest absolute Gasteiger partial charge is 0.388 e. The first-order valence-corrected chi connectivity index (χ1v) is 6.01. The quantitative estimate of drug-likeness (QED) is 0.842. The van der Waals surface area contributed by atoms with Gasteiger partial charge in [-0.05, 0) is 12.8 Å². The predicted molar refractivity (Wildman–Crippen MR) is 59.0 cm³/mol. The van der Waals surface area contributed by atoms with Crippen LogP contribution < -0.4 is 5.32 Å². The summed E-state index contributed by atoms with van der Waals surface area (Å²) in [5, 5.41) is 15.0. The van der Waals surface area contributed by atoms with Gasteiger partial charge in [-0.1, -0.05) is 24.4 Å². The fourth-order valence-corrected chi connectivity index (χ4v) is 2.52. The molecule has 1 aliphatic rings. The van der Waals surface area contributed by atoms with Crippen LogP contribution in [-0.2, 0) is 0 Å². The number of hydrogen-bond acceptors (Lipinski definition) is 4. The maximum absolute atomic E-state index is 10.0. The highest BCUT2D eigenvalue weighted by Gasteiger charge is 2.30. The smallest absolute Gasteiger partial charge is 0.185 e. The number of halogens is 1. The van der Waals surface area contributed by atoms with E-state index in [0.29, 0.717) is 11.0 Å². The van der Waals surface area contributed by atoms with Gasteiger partial charge in [-0.25, -0.2) is 4.98 Å². The van der Waals surface area contributed by atoms with Gasteiger partial charge in [0, 0.05) is 11.9 Å². The molecule has 1 heterocycles. The summed E-state index contributed by atoms with van der Waals surface area (Å²) < 4.78 is 0.533. The minimum atomic E-state index is -0.532. The van der Waals surface area contributed by atoms with Crippen molar-refractivity contribution in [1.29, 1.82) is 0 Å². The van der Waals surface area contributed by atoms with Crippen molar-refractivity contribution in [3.8, 4) is 0 Å². The monoisotopic (exact) mass is 232 g/mol. The van der Waals surface area contributed by atoms with Crippen LogP contribution in [0.4, 0.5) is 5.82 Å². The van der Waals surface area contributed by atoms with Gasteiger partial charge < -0.3 is 10.4 Å². The zero-order valence-corrected chi connectivity index (χ0v) is 9.37. The third kappa shape index (κ3) is 2.38. The molecule has 3 nitrogen and oxygen atoms in total. The van der Waals surface area contributed by atoms with E-state index in [-0.39, 0.29) is 0 Å². The average molecular weight is 233 g/mol. The Morgan fingerprint density at radius 2 is 2.29 bits per heavy atom. The van der Waals surface area contributed by atoms with Gasteiger partial charge >= 0.3 is 0 Å². The summed E-state index contributed by atoms with van der Waals surface area (Å²) in [6.45, 7) is 0.576. The van der Waals surface area contributed by atoms with Crippen LogP contribution in [0.15, 0.2) is 5.38 Å². The van der Waals surface area contributed by atoms with Crippen LogP contribution in [0.1, 0.15) is 25.7 Å². The van der Waals surface area contributed by atoms with Crippen molar-refractivity contribution < 1.29 is 5.11 Å². The maximum Gasteiger partial charge on any atom is 0.185 e. The van der Waals surface area contributed by atoms with E-state index in [1.807, 2.05) is 5.38 Å². The molecule has 14 heavy (non-hydrogen) atoms. The first-order chi connectivity index (χ1) is 6.68. The summed E-state index contributed by atoms with van der Waals surface area (Å²) in [6, 6.07) is 0. The van der Waals surface area contributed by atoms with Gasteiger partial charge in [0.05, 0.1) is 5.60 Å². The molecule has 0 radical (unpaired) electrons. The van der Waals surface area contributed by atoms with Crippen LogP contribution in [0.2, 0.25) is 4.47 Å².